The van der Waals surface area contributed by atoms with Gasteiger partial charge in [0.2, 0.25) is 0 Å². The van der Waals surface area contributed by atoms with Gasteiger partial charge in [-0.05, 0) is 37.7 Å². The fourth-order valence-electron chi connectivity index (χ4n) is 3.86. The van der Waals surface area contributed by atoms with Crippen LogP contribution in [0, 0.1) is 5.92 Å². The fraction of sp³-hybridized carbons (Fsp3) is 0.600. The third-order valence-corrected chi connectivity index (χ3v) is 5.57. The van der Waals surface area contributed by atoms with Gasteiger partial charge in [0, 0.05) is 37.3 Å². The van der Waals surface area contributed by atoms with Crippen LogP contribution < -0.4 is 17.0 Å². The summed E-state index contributed by atoms with van der Waals surface area (Å²) >= 11 is 0. The molecule has 1 aliphatic carbocycles. The molecule has 10 heteroatoms. The number of amides is 1. The van der Waals surface area contributed by atoms with Crippen LogP contribution in [0.4, 0.5) is 0 Å². The van der Waals surface area contributed by atoms with Gasteiger partial charge in [-0.1, -0.05) is 13.8 Å². The molecule has 30 heavy (non-hydrogen) atoms. The smallest absolute Gasteiger partial charge is 0.330 e. The predicted molar refractivity (Wildman–Crippen MR) is 121 cm³/mol. The van der Waals surface area contributed by atoms with Gasteiger partial charge in [-0.15, -0.1) is 24.8 Å². The zero-order valence-corrected chi connectivity index (χ0v) is 18.9. The minimum atomic E-state index is -0.549. The van der Waals surface area contributed by atoms with E-state index in [2.05, 4.69) is 9.97 Å². The Hall–Kier alpha value is -1.90. The Kier molecular flexibility index (Phi) is 7.71. The summed E-state index contributed by atoms with van der Waals surface area (Å²) in [4.78, 5) is 47.3. The first kappa shape index (κ1) is 24.4. The zero-order valence-electron chi connectivity index (χ0n) is 17.2. The Bertz CT molecular complexity index is 1040. The number of aromatic nitrogens is 3. The van der Waals surface area contributed by atoms with Crippen molar-refractivity contribution in [3.63, 3.8) is 0 Å². The number of pyridine rings is 1. The van der Waals surface area contributed by atoms with Gasteiger partial charge in [0.05, 0.1) is 10.9 Å². The molecule has 2 aromatic rings. The largest absolute Gasteiger partial charge is 0.339 e. The number of aromatic amines is 1. The number of halogens is 2. The van der Waals surface area contributed by atoms with E-state index in [0.717, 1.165) is 31.4 Å². The van der Waals surface area contributed by atoms with Crippen molar-refractivity contribution in [1.29, 1.82) is 0 Å². The summed E-state index contributed by atoms with van der Waals surface area (Å²) < 4.78 is 1.50. The van der Waals surface area contributed by atoms with Crippen molar-refractivity contribution in [2.24, 2.45) is 11.7 Å². The van der Waals surface area contributed by atoms with Gasteiger partial charge in [0.15, 0.2) is 5.65 Å². The number of piperidine rings is 1. The summed E-state index contributed by atoms with van der Waals surface area (Å²) in [5.74, 6) is 0.315. The van der Waals surface area contributed by atoms with E-state index in [4.69, 9.17) is 5.73 Å². The topological polar surface area (TPSA) is 114 Å². The maximum absolute atomic E-state index is 13.3. The van der Waals surface area contributed by atoms with Crippen LogP contribution in [-0.4, -0.2) is 44.5 Å². The number of fused-ring (bicyclic) bond motifs is 1. The van der Waals surface area contributed by atoms with Crippen molar-refractivity contribution in [2.45, 2.75) is 58.0 Å². The molecule has 0 spiro atoms. The molecule has 166 valence electrons. The molecule has 4 rings (SSSR count). The molecule has 2 fully saturated rings. The highest BCUT2D eigenvalue weighted by Crippen LogP contribution is 2.40. The van der Waals surface area contributed by atoms with Crippen molar-refractivity contribution in [2.75, 3.05) is 13.1 Å². The van der Waals surface area contributed by atoms with E-state index < -0.39 is 11.2 Å². The molecule has 2 aliphatic rings. The molecular weight excluding hydrogens is 429 g/mol. The molecule has 3 N–H and O–H groups in total. The van der Waals surface area contributed by atoms with Gasteiger partial charge < -0.3 is 10.6 Å². The molecule has 0 atom stereocenters. The highest BCUT2D eigenvalue weighted by atomic mass is 35.5. The van der Waals surface area contributed by atoms with E-state index >= 15 is 0 Å². The molecule has 0 aromatic carbocycles. The lowest BCUT2D eigenvalue weighted by atomic mass is 10.0. The summed E-state index contributed by atoms with van der Waals surface area (Å²) in [7, 11) is 0. The van der Waals surface area contributed by atoms with E-state index in [1.165, 1.54) is 4.57 Å². The average molecular weight is 458 g/mol. The number of H-pyrrole nitrogens is 1. The first-order valence-electron chi connectivity index (χ1n) is 10.1. The fourth-order valence-corrected chi connectivity index (χ4v) is 3.86. The molecule has 1 saturated heterocycles. The molecular formula is C20H29Cl2N5O3. The number of nitrogens with one attached hydrogen (secondary N) is 1. The van der Waals surface area contributed by atoms with E-state index in [0.29, 0.717) is 36.8 Å². The average Bonchev–Trinajstić information content (AvgIpc) is 3.49. The van der Waals surface area contributed by atoms with Crippen LogP contribution in [0.25, 0.3) is 11.0 Å². The quantitative estimate of drug-likeness (QED) is 0.728. The minimum Gasteiger partial charge on any atom is -0.339 e. The number of nitrogens with zero attached hydrogens (tertiary/aromatic N) is 3. The van der Waals surface area contributed by atoms with Crippen molar-refractivity contribution < 1.29 is 4.79 Å². The van der Waals surface area contributed by atoms with Crippen LogP contribution in [0.1, 0.15) is 61.5 Å². The van der Waals surface area contributed by atoms with Crippen molar-refractivity contribution in [3.8, 4) is 0 Å². The Morgan fingerprint density at radius 1 is 1.20 bits per heavy atom. The number of hydrogen-bond donors (Lipinski definition) is 2. The van der Waals surface area contributed by atoms with Gasteiger partial charge >= 0.3 is 5.69 Å². The predicted octanol–water partition coefficient (Wildman–Crippen LogP) is 2.03. The van der Waals surface area contributed by atoms with Gasteiger partial charge in [0.25, 0.3) is 11.5 Å². The Balaban J connectivity index is 0.00000160. The van der Waals surface area contributed by atoms with Crippen LogP contribution in [0.5, 0.6) is 0 Å². The zero-order chi connectivity index (χ0) is 20.0. The van der Waals surface area contributed by atoms with Gasteiger partial charge in [0.1, 0.15) is 0 Å². The van der Waals surface area contributed by atoms with Crippen molar-refractivity contribution in [1.82, 2.24) is 19.4 Å². The first-order valence-corrected chi connectivity index (χ1v) is 10.1. The lowest BCUT2D eigenvalue weighted by molar-refractivity contribution is 0.0716. The highest BCUT2D eigenvalue weighted by Gasteiger charge is 2.30. The monoisotopic (exact) mass is 457 g/mol. The Labute approximate surface area is 187 Å². The summed E-state index contributed by atoms with van der Waals surface area (Å²) in [6, 6.07) is 1.87. The highest BCUT2D eigenvalue weighted by molar-refractivity contribution is 6.05. The van der Waals surface area contributed by atoms with Crippen LogP contribution >= 0.6 is 24.8 Å². The number of hydrogen-bond acceptors (Lipinski definition) is 5. The number of rotatable bonds is 4. The summed E-state index contributed by atoms with van der Waals surface area (Å²) in [5.41, 5.74) is 6.41. The number of carbonyl (C=O) groups excluding carboxylic acids is 1. The third-order valence-electron chi connectivity index (χ3n) is 5.57. The van der Waals surface area contributed by atoms with E-state index in [1.807, 2.05) is 13.8 Å². The van der Waals surface area contributed by atoms with Crippen molar-refractivity contribution >= 4 is 41.8 Å². The second-order valence-electron chi connectivity index (χ2n) is 8.46. The second kappa shape index (κ2) is 9.49. The lowest BCUT2D eigenvalue weighted by Gasteiger charge is -2.30. The Morgan fingerprint density at radius 3 is 2.40 bits per heavy atom. The maximum Gasteiger partial charge on any atom is 0.330 e. The molecule has 8 nitrogen and oxygen atoms in total. The molecule has 1 amide bonds. The number of nitrogens with two attached hydrogens (primary N) is 1. The van der Waals surface area contributed by atoms with Crippen molar-refractivity contribution in [3.05, 3.63) is 38.2 Å². The third kappa shape index (κ3) is 4.71. The van der Waals surface area contributed by atoms with Crippen LogP contribution in [0.15, 0.2) is 15.7 Å². The molecule has 1 saturated carbocycles. The van der Waals surface area contributed by atoms with E-state index in [1.54, 1.807) is 11.0 Å². The minimum absolute atomic E-state index is 0. The van der Waals surface area contributed by atoms with E-state index in [-0.39, 0.29) is 48.1 Å². The van der Waals surface area contributed by atoms with Gasteiger partial charge in [-0.25, -0.2) is 9.78 Å². The molecule has 0 bridgehead atoms. The maximum atomic E-state index is 13.3. The lowest BCUT2D eigenvalue weighted by Crippen LogP contribution is -2.43. The molecule has 0 radical (unpaired) electrons. The summed E-state index contributed by atoms with van der Waals surface area (Å²) in [6.07, 6.45) is 3.53. The normalized spacial score (nSPS) is 17.0. The van der Waals surface area contributed by atoms with Crippen LogP contribution in [0.2, 0.25) is 0 Å². The number of carbonyl (C=O) groups is 1. The standard InChI is InChI=1S/C20H27N5O3.2ClH/c1-11(2)10-25-17-16(18(26)23-20(25)28)14(9-15(22-17)12-3-4-12)19(27)24-7-5-13(21)6-8-24;;/h9,11-13H,3-8,10,21H2,1-2H3,(H,23,26,28);2*1H. The SMILES string of the molecule is CC(C)Cn1c(=O)[nH]c(=O)c2c(C(=O)N3CCC(N)CC3)cc(C3CC3)nc21.Cl.Cl. The van der Waals surface area contributed by atoms with E-state index in [9.17, 15) is 14.4 Å². The molecule has 2 aromatic heterocycles. The van der Waals surface area contributed by atoms with Crippen LogP contribution in [0.3, 0.4) is 0 Å². The Morgan fingerprint density at radius 2 is 1.83 bits per heavy atom. The molecule has 1 aliphatic heterocycles. The number of likely N-dealkylation sites (tertiary alicyclic amines) is 1. The van der Waals surface area contributed by atoms with Gasteiger partial charge in [-0.2, -0.15) is 0 Å². The summed E-state index contributed by atoms with van der Waals surface area (Å²) in [5, 5.41) is 0.213. The van der Waals surface area contributed by atoms with Crippen LogP contribution in [-0.2, 0) is 6.54 Å². The molecule has 0 unspecified atom stereocenters. The van der Waals surface area contributed by atoms with Gasteiger partial charge in [-0.3, -0.25) is 19.1 Å². The molecule has 3 heterocycles. The first-order chi connectivity index (χ1) is 13.3. The summed E-state index contributed by atoms with van der Waals surface area (Å²) in [6.45, 7) is 5.58. The second-order valence-corrected chi connectivity index (χ2v) is 8.46.